The number of piperazine rings is 1. The first-order valence-electron chi connectivity index (χ1n) is 12.6. The van der Waals surface area contributed by atoms with E-state index < -0.39 is 5.37 Å². The van der Waals surface area contributed by atoms with Crippen molar-refractivity contribution in [2.45, 2.75) is 37.1 Å². The van der Waals surface area contributed by atoms with Gasteiger partial charge in [-0.25, -0.2) is 0 Å². The van der Waals surface area contributed by atoms with Crippen molar-refractivity contribution in [3.05, 3.63) is 65.9 Å². The molecule has 2 unspecified atom stereocenters. The van der Waals surface area contributed by atoms with E-state index in [-0.39, 0.29) is 47.4 Å². The Kier molecular flexibility index (Phi) is 5.31. The van der Waals surface area contributed by atoms with Crippen molar-refractivity contribution in [1.29, 1.82) is 0 Å². The zero-order valence-corrected chi connectivity index (χ0v) is 18.5. The minimum absolute atomic E-state index is 0.0495. The highest BCUT2D eigenvalue weighted by molar-refractivity contribution is 7.99. The maximum absolute atomic E-state index is 13.1. The molecule has 1 aromatic carbocycles. The van der Waals surface area contributed by atoms with Crippen LogP contribution in [0.2, 0.25) is 0 Å². The normalized spacial score (nSPS) is 24.8. The van der Waals surface area contributed by atoms with Crippen LogP contribution < -0.4 is 5.32 Å². The summed E-state index contributed by atoms with van der Waals surface area (Å²) in [6.45, 7) is 8.65. The Hall–Kier alpha value is -1.89. The van der Waals surface area contributed by atoms with Crippen molar-refractivity contribution < 1.29 is 10.3 Å². The van der Waals surface area contributed by atoms with Gasteiger partial charge in [-0.05, 0) is 35.5 Å². The predicted octanol–water partition coefficient (Wildman–Crippen LogP) is 3.30. The lowest BCUT2D eigenvalue weighted by Gasteiger charge is -2.37. The number of pyridine rings is 1. The molecule has 4 rings (SSSR count). The fourth-order valence-corrected chi connectivity index (χ4v) is 5.19. The highest BCUT2D eigenvalue weighted by Gasteiger charge is 2.34. The van der Waals surface area contributed by atoms with Crippen molar-refractivity contribution in [3.63, 3.8) is 0 Å². The number of hydrogen-bond acceptors (Lipinski definition) is 5. The van der Waals surface area contributed by atoms with Crippen LogP contribution >= 0.6 is 11.8 Å². The number of benzene rings is 1. The Morgan fingerprint density at radius 1 is 1.27 bits per heavy atom. The first kappa shape index (κ1) is 16.8. The van der Waals surface area contributed by atoms with E-state index in [9.17, 15) is 4.79 Å². The van der Waals surface area contributed by atoms with Crippen LogP contribution in [-0.2, 0) is 10.2 Å². The van der Waals surface area contributed by atoms with Gasteiger partial charge in [0.1, 0.15) is 0 Å². The monoisotopic (exact) mass is 428 g/mol. The van der Waals surface area contributed by atoms with E-state index in [2.05, 4.69) is 53.3 Å². The number of rotatable bonds is 6. The van der Waals surface area contributed by atoms with Gasteiger partial charge < -0.3 is 4.90 Å². The molecule has 160 valence electrons. The number of nitrogens with one attached hydrogen (secondary N) is 1. The van der Waals surface area contributed by atoms with Crippen LogP contribution in [-0.4, -0.2) is 65.2 Å². The second kappa shape index (κ2) is 9.50. The first-order chi connectivity index (χ1) is 16.2. The lowest BCUT2D eigenvalue weighted by molar-refractivity contribution is -0.134. The SMILES string of the molecule is [2H]c1nc([2H])c(C2NC(C(=O)N3CCN(CCC(C)(C)c4ccccc4)CC3)CS2)c([2H])c1[2H]. The Morgan fingerprint density at radius 3 is 2.80 bits per heavy atom. The minimum Gasteiger partial charge on any atom is -0.339 e. The van der Waals surface area contributed by atoms with Gasteiger partial charge in [-0.1, -0.05) is 50.2 Å². The summed E-state index contributed by atoms with van der Waals surface area (Å²) in [5, 5.41) is 2.80. The topological polar surface area (TPSA) is 48.5 Å². The molecule has 1 aromatic heterocycles. The predicted molar refractivity (Wildman–Crippen MR) is 123 cm³/mol. The van der Waals surface area contributed by atoms with Crippen molar-refractivity contribution in [2.24, 2.45) is 0 Å². The number of carbonyl (C=O) groups is 1. The lowest BCUT2D eigenvalue weighted by atomic mass is 9.81. The molecule has 2 aromatic rings. The van der Waals surface area contributed by atoms with Crippen molar-refractivity contribution >= 4 is 17.7 Å². The van der Waals surface area contributed by atoms with E-state index in [1.54, 1.807) is 0 Å². The van der Waals surface area contributed by atoms with Crippen LogP contribution in [0.4, 0.5) is 0 Å². The van der Waals surface area contributed by atoms with Crippen LogP contribution in [0.5, 0.6) is 0 Å². The summed E-state index contributed by atoms with van der Waals surface area (Å²) in [4.78, 5) is 21.2. The molecule has 2 aliphatic rings. The van der Waals surface area contributed by atoms with Gasteiger partial charge in [0.2, 0.25) is 5.91 Å². The van der Waals surface area contributed by atoms with Crippen molar-refractivity contribution in [1.82, 2.24) is 20.1 Å². The Morgan fingerprint density at radius 2 is 2.03 bits per heavy atom. The number of thioether (sulfide) groups is 1. The summed E-state index contributed by atoms with van der Waals surface area (Å²) in [6.07, 6.45) is 0.525. The molecule has 0 spiro atoms. The zero-order chi connectivity index (χ0) is 24.5. The third-order valence-electron chi connectivity index (χ3n) is 6.12. The van der Waals surface area contributed by atoms with E-state index in [1.807, 2.05) is 11.0 Å². The molecule has 2 aliphatic heterocycles. The van der Waals surface area contributed by atoms with E-state index in [4.69, 9.17) is 5.48 Å². The molecule has 6 heteroatoms. The second-order valence-electron chi connectivity index (χ2n) is 8.60. The summed E-state index contributed by atoms with van der Waals surface area (Å²) in [5.74, 6) is 0.595. The lowest BCUT2D eigenvalue weighted by Crippen LogP contribution is -2.54. The smallest absolute Gasteiger partial charge is 0.240 e. The van der Waals surface area contributed by atoms with Gasteiger partial charge in [0, 0.05) is 44.3 Å². The maximum Gasteiger partial charge on any atom is 0.240 e. The zero-order valence-electron chi connectivity index (χ0n) is 21.6. The highest BCUT2D eigenvalue weighted by Crippen LogP contribution is 2.33. The van der Waals surface area contributed by atoms with E-state index in [0.29, 0.717) is 18.8 Å². The summed E-state index contributed by atoms with van der Waals surface area (Å²) >= 11 is 1.45. The number of hydrogen-bond donors (Lipinski definition) is 1. The molecule has 30 heavy (non-hydrogen) atoms. The molecule has 1 N–H and O–H groups in total. The van der Waals surface area contributed by atoms with Gasteiger partial charge in [0.05, 0.1) is 16.9 Å². The molecule has 2 atom stereocenters. The van der Waals surface area contributed by atoms with Crippen molar-refractivity contribution in [2.75, 3.05) is 38.5 Å². The summed E-state index contributed by atoms with van der Waals surface area (Å²) in [7, 11) is 0. The molecule has 0 aliphatic carbocycles. The molecule has 0 bridgehead atoms. The maximum atomic E-state index is 13.1. The quantitative estimate of drug-likeness (QED) is 0.765. The van der Waals surface area contributed by atoms with Crippen LogP contribution in [0.15, 0.2) is 54.8 Å². The van der Waals surface area contributed by atoms with Gasteiger partial charge >= 0.3 is 0 Å². The van der Waals surface area contributed by atoms with Crippen LogP contribution in [0.25, 0.3) is 0 Å². The van der Waals surface area contributed by atoms with Gasteiger partial charge in [0.15, 0.2) is 0 Å². The fraction of sp³-hybridized carbons (Fsp3) is 0.500. The van der Waals surface area contributed by atoms with E-state index in [1.165, 1.54) is 17.3 Å². The highest BCUT2D eigenvalue weighted by atomic mass is 32.2. The third-order valence-corrected chi connectivity index (χ3v) is 7.35. The summed E-state index contributed by atoms with van der Waals surface area (Å²) in [6, 6.07) is 9.77. The largest absolute Gasteiger partial charge is 0.339 e. The first-order valence-corrected chi connectivity index (χ1v) is 11.6. The van der Waals surface area contributed by atoms with E-state index in [0.717, 1.165) is 26.1 Å². The van der Waals surface area contributed by atoms with Crippen LogP contribution in [0.1, 0.15) is 42.3 Å². The Balaban J connectivity index is 1.29. The third kappa shape index (κ3) is 5.05. The van der Waals surface area contributed by atoms with Crippen LogP contribution in [0, 0.1) is 0 Å². The average molecular weight is 429 g/mol. The Bertz CT molecular complexity index is 1030. The molecule has 0 radical (unpaired) electrons. The van der Waals surface area contributed by atoms with Crippen LogP contribution in [0.3, 0.4) is 0 Å². The number of nitrogens with zero attached hydrogens (tertiary/aromatic N) is 3. The number of carbonyl (C=O) groups excluding carboxylic acids is 1. The summed E-state index contributed by atoms with van der Waals surface area (Å²) in [5.41, 5.74) is 1.74. The molecular weight excluding hydrogens is 392 g/mol. The van der Waals surface area contributed by atoms with E-state index >= 15 is 0 Å². The van der Waals surface area contributed by atoms with Gasteiger partial charge in [0.25, 0.3) is 0 Å². The number of aromatic nitrogens is 1. The van der Waals surface area contributed by atoms with Gasteiger partial charge in [-0.3, -0.25) is 20.0 Å². The molecule has 2 saturated heterocycles. The van der Waals surface area contributed by atoms with Gasteiger partial charge in [-0.15, -0.1) is 11.8 Å². The minimum atomic E-state index is -0.437. The molecule has 5 nitrogen and oxygen atoms in total. The molecular formula is C24H32N4OS. The Labute approximate surface area is 189 Å². The number of amides is 1. The van der Waals surface area contributed by atoms with Crippen molar-refractivity contribution in [3.8, 4) is 0 Å². The fourth-order valence-electron chi connectivity index (χ4n) is 4.03. The molecule has 1 amide bonds. The van der Waals surface area contributed by atoms with Gasteiger partial charge in [-0.2, -0.15) is 0 Å². The standard InChI is InChI=1S/C24H32N4OS/c1-24(2,20-8-4-3-5-9-20)10-12-27-13-15-28(16-14-27)23(29)21-18-30-22(26-21)19-7-6-11-25-17-19/h3-9,11,17,21-22,26H,10,12-16,18H2,1-2H3/i6D,7D,11D,17D. The molecule has 3 heterocycles. The average Bonchev–Trinajstić information content (AvgIpc) is 3.31. The molecule has 2 fully saturated rings. The molecule has 0 saturated carbocycles. The second-order valence-corrected chi connectivity index (χ2v) is 9.74. The summed E-state index contributed by atoms with van der Waals surface area (Å²) < 4.78 is 31.7.